The third-order valence-corrected chi connectivity index (χ3v) is 4.34. The van der Waals surface area contributed by atoms with Gasteiger partial charge in [-0.15, -0.1) is 0 Å². The van der Waals surface area contributed by atoms with E-state index in [9.17, 15) is 14.4 Å². The van der Waals surface area contributed by atoms with Crippen LogP contribution in [-0.2, 0) is 9.59 Å². The van der Waals surface area contributed by atoms with Gasteiger partial charge < -0.3 is 15.5 Å². The van der Waals surface area contributed by atoms with Gasteiger partial charge >= 0.3 is 0 Å². The van der Waals surface area contributed by atoms with Crippen molar-refractivity contribution >= 4 is 35.0 Å². The van der Waals surface area contributed by atoms with Crippen LogP contribution in [0.2, 0.25) is 5.02 Å². The molecule has 2 rings (SSSR count). The molecule has 0 unspecified atom stereocenters. The monoisotopic (exact) mass is 402 g/mol. The van der Waals surface area contributed by atoms with Crippen LogP contribution in [0.15, 0.2) is 30.5 Å². The fourth-order valence-corrected chi connectivity index (χ4v) is 2.93. The molecule has 0 aliphatic rings. The minimum Gasteiger partial charge on any atom is -0.342 e. The van der Waals surface area contributed by atoms with Crippen LogP contribution >= 0.6 is 11.6 Å². The maximum absolute atomic E-state index is 12.3. The molecule has 0 spiro atoms. The van der Waals surface area contributed by atoms with E-state index in [0.29, 0.717) is 5.02 Å². The number of anilines is 1. The lowest BCUT2D eigenvalue weighted by Gasteiger charge is -2.18. The predicted molar refractivity (Wildman–Crippen MR) is 108 cm³/mol. The fraction of sp³-hybridized carbons (Fsp3) is 0.300. The molecule has 0 aliphatic carbocycles. The number of carbonyl (C=O) groups excluding carboxylic acids is 3. The quantitative estimate of drug-likeness (QED) is 0.776. The predicted octanol–water partition coefficient (Wildman–Crippen LogP) is 2.49. The Bertz CT molecular complexity index is 891. The number of amides is 3. The van der Waals surface area contributed by atoms with Gasteiger partial charge in [0.15, 0.2) is 0 Å². The van der Waals surface area contributed by atoms with Gasteiger partial charge in [-0.2, -0.15) is 0 Å². The highest BCUT2D eigenvalue weighted by Crippen LogP contribution is 2.21. The molecule has 28 heavy (non-hydrogen) atoms. The topological polar surface area (TPSA) is 91.4 Å². The van der Waals surface area contributed by atoms with Gasteiger partial charge in [-0.1, -0.05) is 29.3 Å². The number of benzene rings is 1. The maximum Gasteiger partial charge on any atom is 0.270 e. The van der Waals surface area contributed by atoms with E-state index >= 15 is 0 Å². The van der Waals surface area contributed by atoms with E-state index in [1.54, 1.807) is 6.07 Å². The number of pyridine rings is 1. The molecule has 0 bridgehead atoms. The molecule has 0 atom stereocenters. The summed E-state index contributed by atoms with van der Waals surface area (Å²) in [7, 11) is 1.50. The van der Waals surface area contributed by atoms with Gasteiger partial charge in [0.25, 0.3) is 5.91 Å². The molecule has 0 aliphatic heterocycles. The van der Waals surface area contributed by atoms with E-state index in [-0.39, 0.29) is 24.7 Å². The molecule has 8 heteroatoms. The van der Waals surface area contributed by atoms with Crippen molar-refractivity contribution < 1.29 is 14.4 Å². The summed E-state index contributed by atoms with van der Waals surface area (Å²) in [6.45, 7) is 5.45. The molecular weight excluding hydrogens is 380 g/mol. The molecule has 0 saturated carbocycles. The number of likely N-dealkylation sites (N-methyl/N-ethyl adjacent to an activating group) is 1. The summed E-state index contributed by atoms with van der Waals surface area (Å²) >= 11 is 5.82. The highest BCUT2D eigenvalue weighted by Gasteiger charge is 2.16. The second-order valence-electron chi connectivity index (χ2n) is 6.61. The van der Waals surface area contributed by atoms with Crippen LogP contribution in [-0.4, -0.2) is 47.7 Å². The molecule has 148 valence electrons. The minimum absolute atomic E-state index is 0.117. The van der Waals surface area contributed by atoms with E-state index < -0.39 is 11.8 Å². The number of aromatic nitrogens is 1. The number of rotatable bonds is 6. The van der Waals surface area contributed by atoms with Gasteiger partial charge in [-0.25, -0.2) is 0 Å². The molecule has 7 nitrogen and oxygen atoms in total. The molecule has 0 saturated heterocycles. The Morgan fingerprint density at radius 2 is 1.75 bits per heavy atom. The van der Waals surface area contributed by atoms with Crippen molar-refractivity contribution in [2.24, 2.45) is 0 Å². The van der Waals surface area contributed by atoms with Crippen LogP contribution < -0.4 is 10.6 Å². The first-order chi connectivity index (χ1) is 13.2. The summed E-state index contributed by atoms with van der Waals surface area (Å²) in [5, 5.41) is 5.69. The van der Waals surface area contributed by atoms with Crippen LogP contribution in [0.3, 0.4) is 0 Å². The lowest BCUT2D eigenvalue weighted by molar-refractivity contribution is -0.132. The average molecular weight is 403 g/mol. The van der Waals surface area contributed by atoms with Crippen molar-refractivity contribution in [1.82, 2.24) is 15.2 Å². The third-order valence-electron chi connectivity index (χ3n) is 4.10. The molecule has 1 aromatic heterocycles. The third kappa shape index (κ3) is 5.79. The van der Waals surface area contributed by atoms with Crippen molar-refractivity contribution in [3.05, 3.63) is 57.9 Å². The number of halogens is 1. The van der Waals surface area contributed by atoms with Crippen LogP contribution in [0.25, 0.3) is 0 Å². The Kier molecular flexibility index (Phi) is 7.12. The van der Waals surface area contributed by atoms with Crippen LogP contribution in [0.5, 0.6) is 0 Å². The van der Waals surface area contributed by atoms with Crippen molar-refractivity contribution in [2.45, 2.75) is 20.8 Å². The van der Waals surface area contributed by atoms with Crippen molar-refractivity contribution in [1.29, 1.82) is 0 Å². The van der Waals surface area contributed by atoms with Gasteiger partial charge in [0.1, 0.15) is 5.69 Å². The van der Waals surface area contributed by atoms with Gasteiger partial charge in [0.2, 0.25) is 11.8 Å². The van der Waals surface area contributed by atoms with Crippen LogP contribution in [0.4, 0.5) is 5.69 Å². The number of nitrogens with one attached hydrogen (secondary N) is 2. The Morgan fingerprint density at radius 3 is 2.36 bits per heavy atom. The molecule has 3 amide bonds. The Hall–Kier alpha value is -2.93. The van der Waals surface area contributed by atoms with E-state index in [1.807, 2.05) is 32.9 Å². The summed E-state index contributed by atoms with van der Waals surface area (Å²) < 4.78 is 0. The van der Waals surface area contributed by atoms with Crippen molar-refractivity contribution in [3.8, 4) is 0 Å². The first-order valence-electron chi connectivity index (χ1n) is 8.68. The number of hydrogen-bond donors (Lipinski definition) is 2. The summed E-state index contributed by atoms with van der Waals surface area (Å²) in [6.07, 6.45) is 1.41. The molecule has 1 heterocycles. The molecular formula is C20H23ClN4O3. The van der Waals surface area contributed by atoms with Gasteiger partial charge in [0.05, 0.1) is 13.1 Å². The smallest absolute Gasteiger partial charge is 0.270 e. The first-order valence-corrected chi connectivity index (χ1v) is 9.06. The number of carbonyl (C=O) groups is 3. The SMILES string of the molecule is Cc1cc(C)c(NC(=O)CN(C)C(=O)CNC(=O)c2cc(Cl)ccn2)c(C)c1. The first kappa shape index (κ1) is 21.4. The van der Waals surface area contributed by atoms with Crippen molar-refractivity contribution in [3.63, 3.8) is 0 Å². The number of hydrogen-bond acceptors (Lipinski definition) is 4. The standard InChI is InChI=1S/C20H23ClN4O3/c1-12-7-13(2)19(14(3)8-12)24-17(26)11-25(4)18(27)10-23-20(28)16-9-15(21)5-6-22-16/h5-9H,10-11H2,1-4H3,(H,23,28)(H,24,26). The van der Waals surface area contributed by atoms with E-state index in [0.717, 1.165) is 22.4 Å². The zero-order valence-corrected chi connectivity index (χ0v) is 17.1. The molecule has 1 aromatic carbocycles. The number of aryl methyl sites for hydroxylation is 3. The molecule has 2 N–H and O–H groups in total. The zero-order valence-electron chi connectivity index (χ0n) is 16.3. The van der Waals surface area contributed by atoms with Gasteiger partial charge in [-0.05, 0) is 44.0 Å². The lowest BCUT2D eigenvalue weighted by Crippen LogP contribution is -2.41. The largest absolute Gasteiger partial charge is 0.342 e. The summed E-state index contributed by atoms with van der Waals surface area (Å²) in [4.78, 5) is 41.6. The van der Waals surface area contributed by atoms with Gasteiger partial charge in [-0.3, -0.25) is 19.4 Å². The minimum atomic E-state index is -0.514. The Morgan fingerprint density at radius 1 is 1.11 bits per heavy atom. The fourth-order valence-electron chi connectivity index (χ4n) is 2.77. The Balaban J connectivity index is 1.88. The van der Waals surface area contributed by atoms with E-state index in [2.05, 4.69) is 15.6 Å². The maximum atomic E-state index is 12.3. The molecule has 2 aromatic rings. The highest BCUT2D eigenvalue weighted by molar-refractivity contribution is 6.30. The molecule has 0 fully saturated rings. The normalized spacial score (nSPS) is 10.3. The van der Waals surface area contributed by atoms with E-state index in [4.69, 9.17) is 11.6 Å². The zero-order chi connectivity index (χ0) is 20.8. The lowest BCUT2D eigenvalue weighted by atomic mass is 10.1. The number of nitrogens with zero attached hydrogens (tertiary/aromatic N) is 2. The summed E-state index contributed by atoms with van der Waals surface area (Å²) in [5.74, 6) is -1.23. The van der Waals surface area contributed by atoms with E-state index in [1.165, 1.54) is 24.2 Å². The molecule has 0 radical (unpaired) electrons. The average Bonchev–Trinajstić information content (AvgIpc) is 2.62. The second kappa shape index (κ2) is 9.32. The van der Waals surface area contributed by atoms with Crippen molar-refractivity contribution in [2.75, 3.05) is 25.5 Å². The van der Waals surface area contributed by atoms with Crippen LogP contribution in [0.1, 0.15) is 27.2 Å². The summed E-state index contributed by atoms with van der Waals surface area (Å²) in [6, 6.07) is 6.92. The van der Waals surface area contributed by atoms with Gasteiger partial charge in [0, 0.05) is 24.0 Å². The highest BCUT2D eigenvalue weighted by atomic mass is 35.5. The Labute approximate surface area is 169 Å². The summed E-state index contributed by atoms with van der Waals surface area (Å²) in [5.41, 5.74) is 3.90. The van der Waals surface area contributed by atoms with Crippen LogP contribution in [0, 0.1) is 20.8 Å². The second-order valence-corrected chi connectivity index (χ2v) is 7.05.